The van der Waals surface area contributed by atoms with Gasteiger partial charge in [0, 0.05) is 23.3 Å². The first kappa shape index (κ1) is 17.9. The van der Waals surface area contributed by atoms with Crippen LogP contribution in [0.5, 0.6) is 0 Å². The molecule has 4 aromatic rings. The fourth-order valence-electron chi connectivity index (χ4n) is 2.94. The minimum atomic E-state index is -4.95. The summed E-state index contributed by atoms with van der Waals surface area (Å²) in [4.78, 5) is 12.2. The third kappa shape index (κ3) is 2.84. The second-order valence-corrected chi connectivity index (χ2v) is 5.86. The van der Waals surface area contributed by atoms with Gasteiger partial charge >= 0.3 is 6.30 Å². The van der Waals surface area contributed by atoms with Gasteiger partial charge < -0.3 is 0 Å². The van der Waals surface area contributed by atoms with E-state index < -0.39 is 29.1 Å². The minimum Gasteiger partial charge on any atom is -0.267 e. The molecule has 0 bridgehead atoms. The summed E-state index contributed by atoms with van der Waals surface area (Å²) in [5.74, 6) is -1.98. The average Bonchev–Trinajstić information content (AvgIpc) is 3.03. The van der Waals surface area contributed by atoms with Crippen LogP contribution in [-0.2, 0) is 6.30 Å². The van der Waals surface area contributed by atoms with E-state index in [1.807, 2.05) is 6.20 Å². The van der Waals surface area contributed by atoms with Gasteiger partial charge in [0.25, 0.3) is 5.56 Å². The zero-order valence-electron chi connectivity index (χ0n) is 13.8. The van der Waals surface area contributed by atoms with Crippen LogP contribution < -0.4 is 5.56 Å². The van der Waals surface area contributed by atoms with Crippen molar-refractivity contribution in [3.63, 3.8) is 0 Å². The molecule has 0 unspecified atom stereocenters. The second-order valence-electron chi connectivity index (χ2n) is 5.86. The van der Waals surface area contributed by atoms with Gasteiger partial charge in [0.15, 0.2) is 5.65 Å². The fourth-order valence-corrected chi connectivity index (χ4v) is 2.94. The van der Waals surface area contributed by atoms with E-state index in [-0.39, 0.29) is 21.4 Å². The lowest BCUT2D eigenvalue weighted by atomic mass is 10.0. The van der Waals surface area contributed by atoms with E-state index in [1.165, 1.54) is 0 Å². The summed E-state index contributed by atoms with van der Waals surface area (Å²) in [6, 6.07) is 11.1. The van der Waals surface area contributed by atoms with Crippen LogP contribution in [0.2, 0.25) is 0 Å². The second kappa shape index (κ2) is 6.29. The molecule has 4 rings (SSSR count). The number of alkyl halides is 3. The van der Waals surface area contributed by atoms with E-state index in [1.54, 1.807) is 30.3 Å². The lowest BCUT2D eigenvalue weighted by molar-refractivity contribution is -0.202. The molecule has 141 valence electrons. The van der Waals surface area contributed by atoms with E-state index in [2.05, 4.69) is 5.10 Å². The SMILES string of the molecule is O=c1c[c]n(C(F)(F)F)c2c(-c3ccc(F)cc3F)c(-c3ccccc3)nn12. The first-order chi connectivity index (χ1) is 13.3. The van der Waals surface area contributed by atoms with Crippen LogP contribution in [0.25, 0.3) is 28.0 Å². The van der Waals surface area contributed by atoms with Crippen LogP contribution in [0.15, 0.2) is 59.4 Å². The maximum Gasteiger partial charge on any atom is 0.490 e. The number of hydrogen-bond acceptors (Lipinski definition) is 2. The molecule has 0 fully saturated rings. The number of nitrogens with zero attached hydrogens (tertiary/aromatic N) is 3. The molecule has 0 amide bonds. The number of benzene rings is 2. The number of aromatic nitrogens is 3. The molecule has 2 aromatic heterocycles. The van der Waals surface area contributed by atoms with Crippen molar-refractivity contribution in [2.75, 3.05) is 0 Å². The van der Waals surface area contributed by atoms with Gasteiger partial charge in [0.2, 0.25) is 0 Å². The van der Waals surface area contributed by atoms with Crippen molar-refractivity contribution in [1.29, 1.82) is 0 Å². The molecule has 4 nitrogen and oxygen atoms in total. The Hall–Kier alpha value is -3.49. The monoisotopic (exact) mass is 390 g/mol. The number of hydrogen-bond donors (Lipinski definition) is 0. The van der Waals surface area contributed by atoms with Crippen molar-refractivity contribution in [3.05, 3.63) is 82.8 Å². The van der Waals surface area contributed by atoms with Crippen molar-refractivity contribution in [1.82, 2.24) is 14.2 Å². The predicted molar refractivity (Wildman–Crippen MR) is 90.4 cm³/mol. The van der Waals surface area contributed by atoms with Gasteiger partial charge in [0.1, 0.15) is 17.3 Å². The molecular weight excluding hydrogens is 381 g/mol. The molecule has 1 radical (unpaired) electrons. The standard InChI is InChI=1S/C19H9F5N3O/c20-12-6-7-13(14(21)10-12)16-17(11-4-2-1-3-5-11)25-27-15(28)8-9-26(18(16)27)19(22,23)24/h1-8,10H. The summed E-state index contributed by atoms with van der Waals surface area (Å²) < 4.78 is 68.8. The van der Waals surface area contributed by atoms with Crippen LogP contribution in [0.1, 0.15) is 0 Å². The lowest BCUT2D eigenvalue weighted by Crippen LogP contribution is -2.24. The Balaban J connectivity index is 2.21. The molecule has 0 saturated heterocycles. The fraction of sp³-hybridized carbons (Fsp3) is 0.0526. The van der Waals surface area contributed by atoms with Crippen molar-refractivity contribution in [3.8, 4) is 22.4 Å². The molecular formula is C19H9F5N3O. The summed E-state index contributed by atoms with van der Waals surface area (Å²) in [5, 5.41) is 4.00. The Labute approximate surface area is 154 Å². The number of rotatable bonds is 2. The normalized spacial score (nSPS) is 11.9. The molecule has 9 heteroatoms. The van der Waals surface area contributed by atoms with Gasteiger partial charge in [-0.25, -0.2) is 13.3 Å². The summed E-state index contributed by atoms with van der Waals surface area (Å²) >= 11 is 0. The first-order valence-electron chi connectivity index (χ1n) is 7.92. The van der Waals surface area contributed by atoms with Crippen LogP contribution in [0.3, 0.4) is 0 Å². The predicted octanol–water partition coefficient (Wildman–Crippen LogP) is 4.38. The van der Waals surface area contributed by atoms with Crippen molar-refractivity contribution >= 4 is 5.65 Å². The highest BCUT2D eigenvalue weighted by molar-refractivity contribution is 5.90. The lowest BCUT2D eigenvalue weighted by Gasteiger charge is -2.13. The van der Waals surface area contributed by atoms with Crippen LogP contribution >= 0.6 is 0 Å². The Morgan fingerprint density at radius 2 is 1.71 bits per heavy atom. The van der Waals surface area contributed by atoms with Gasteiger partial charge in [-0.3, -0.25) is 4.79 Å². The average molecular weight is 390 g/mol. The van der Waals surface area contributed by atoms with E-state index in [0.717, 1.165) is 12.1 Å². The summed E-state index contributed by atoms with van der Waals surface area (Å²) in [7, 11) is 0. The van der Waals surface area contributed by atoms with E-state index in [0.29, 0.717) is 22.2 Å². The molecule has 28 heavy (non-hydrogen) atoms. The molecule has 2 aromatic carbocycles. The van der Waals surface area contributed by atoms with Crippen molar-refractivity contribution in [2.45, 2.75) is 6.30 Å². The van der Waals surface area contributed by atoms with E-state index in [9.17, 15) is 26.7 Å². The Kier molecular flexibility index (Phi) is 4.02. The molecule has 0 saturated carbocycles. The highest BCUT2D eigenvalue weighted by Gasteiger charge is 2.35. The maximum atomic E-state index is 14.5. The molecule has 0 atom stereocenters. The van der Waals surface area contributed by atoms with Gasteiger partial charge in [0.05, 0.1) is 11.8 Å². The van der Waals surface area contributed by atoms with Crippen molar-refractivity contribution < 1.29 is 22.0 Å². The summed E-state index contributed by atoms with van der Waals surface area (Å²) in [5.41, 5.74) is -1.91. The Morgan fingerprint density at radius 1 is 1.00 bits per heavy atom. The molecule has 0 aliphatic rings. The molecule has 0 aliphatic heterocycles. The van der Waals surface area contributed by atoms with Gasteiger partial charge in [-0.2, -0.15) is 9.61 Å². The highest BCUT2D eigenvalue weighted by atomic mass is 19.4. The number of halogens is 5. The highest BCUT2D eigenvalue weighted by Crippen LogP contribution is 2.38. The van der Waals surface area contributed by atoms with Crippen LogP contribution in [0.4, 0.5) is 22.0 Å². The summed E-state index contributed by atoms with van der Waals surface area (Å²) in [6.45, 7) is 0. The molecule has 2 heterocycles. The third-order valence-corrected chi connectivity index (χ3v) is 4.10. The van der Waals surface area contributed by atoms with Crippen LogP contribution in [0, 0.1) is 17.8 Å². The van der Waals surface area contributed by atoms with Crippen molar-refractivity contribution in [2.24, 2.45) is 0 Å². The topological polar surface area (TPSA) is 39.3 Å². The molecule has 0 aliphatic carbocycles. The van der Waals surface area contributed by atoms with Crippen LogP contribution in [-0.4, -0.2) is 14.2 Å². The first-order valence-corrected chi connectivity index (χ1v) is 7.92. The molecule has 0 spiro atoms. The van der Waals surface area contributed by atoms with Gasteiger partial charge in [-0.05, 0) is 12.1 Å². The zero-order chi connectivity index (χ0) is 20.1. The zero-order valence-corrected chi connectivity index (χ0v) is 13.8. The van der Waals surface area contributed by atoms with E-state index in [4.69, 9.17) is 0 Å². The van der Waals surface area contributed by atoms with Gasteiger partial charge in [-0.15, -0.1) is 13.2 Å². The Bertz CT molecular complexity index is 1240. The van der Waals surface area contributed by atoms with E-state index >= 15 is 0 Å². The third-order valence-electron chi connectivity index (χ3n) is 4.10. The quantitative estimate of drug-likeness (QED) is 0.477. The summed E-state index contributed by atoms with van der Waals surface area (Å²) in [6.07, 6.45) is -3.10. The minimum absolute atomic E-state index is 0.0548. The largest absolute Gasteiger partial charge is 0.490 e. The smallest absolute Gasteiger partial charge is 0.267 e. The Morgan fingerprint density at radius 3 is 2.36 bits per heavy atom. The number of fused-ring (bicyclic) bond motifs is 1. The molecule has 0 N–H and O–H groups in total. The van der Waals surface area contributed by atoms with Gasteiger partial charge in [-0.1, -0.05) is 30.3 Å². The maximum absolute atomic E-state index is 14.5.